The fourth-order valence-electron chi connectivity index (χ4n) is 2.84. The first-order valence-electron chi connectivity index (χ1n) is 9.43. The number of anilines is 5. The summed E-state index contributed by atoms with van der Waals surface area (Å²) >= 11 is 0. The quantitative estimate of drug-likeness (QED) is 0.428. The average molecular weight is 396 g/mol. The predicted molar refractivity (Wildman–Crippen MR) is 118 cm³/mol. The summed E-state index contributed by atoms with van der Waals surface area (Å²) in [5.74, 6) is 2.50. The maximum absolute atomic E-state index is 12.3. The topological polar surface area (TPSA) is 91.8 Å². The van der Waals surface area contributed by atoms with Crippen LogP contribution in [0.5, 0.6) is 0 Å². The van der Waals surface area contributed by atoms with Gasteiger partial charge in [0.25, 0.3) is 5.91 Å². The second kappa shape index (κ2) is 8.83. The summed E-state index contributed by atoms with van der Waals surface area (Å²) in [4.78, 5) is 25.3. The lowest BCUT2D eigenvalue weighted by Crippen LogP contribution is -2.11. The second-order valence-corrected chi connectivity index (χ2v) is 6.55. The lowest BCUT2D eigenvalue weighted by atomic mass is 10.2. The average Bonchev–Trinajstić information content (AvgIpc) is 2.76. The number of carbonyl (C=O) groups is 1. The van der Waals surface area contributed by atoms with E-state index < -0.39 is 0 Å². The molecule has 0 aliphatic carbocycles. The van der Waals surface area contributed by atoms with Crippen molar-refractivity contribution in [2.24, 2.45) is 0 Å². The number of pyridine rings is 1. The summed E-state index contributed by atoms with van der Waals surface area (Å²) < 4.78 is 0. The van der Waals surface area contributed by atoms with E-state index in [0.29, 0.717) is 34.5 Å². The van der Waals surface area contributed by atoms with E-state index in [1.807, 2.05) is 73.7 Å². The molecule has 3 N–H and O–H groups in total. The molecule has 0 saturated heterocycles. The summed E-state index contributed by atoms with van der Waals surface area (Å²) in [6.45, 7) is 1.83. The molecule has 4 rings (SSSR count). The van der Waals surface area contributed by atoms with Gasteiger partial charge in [0.05, 0.1) is 0 Å². The molecular formula is C23H20N6O. The van der Waals surface area contributed by atoms with Crippen molar-refractivity contribution in [3.05, 3.63) is 96.4 Å². The molecule has 0 radical (unpaired) electrons. The third kappa shape index (κ3) is 4.96. The molecule has 1 amide bonds. The molecule has 0 aliphatic heterocycles. The van der Waals surface area contributed by atoms with Crippen molar-refractivity contribution in [1.29, 1.82) is 0 Å². The minimum Gasteiger partial charge on any atom is -0.340 e. The van der Waals surface area contributed by atoms with Crippen LogP contribution in [0.3, 0.4) is 0 Å². The Bertz CT molecular complexity index is 1130. The minimum absolute atomic E-state index is 0.145. The Labute approximate surface area is 174 Å². The maximum Gasteiger partial charge on any atom is 0.255 e. The lowest BCUT2D eigenvalue weighted by molar-refractivity contribution is 0.102. The summed E-state index contributed by atoms with van der Waals surface area (Å²) in [5, 5.41) is 9.31. The monoisotopic (exact) mass is 396 g/mol. The van der Waals surface area contributed by atoms with Crippen LogP contribution < -0.4 is 16.0 Å². The van der Waals surface area contributed by atoms with E-state index >= 15 is 0 Å². The van der Waals surface area contributed by atoms with Crippen LogP contribution in [0.4, 0.5) is 28.8 Å². The molecule has 0 fully saturated rings. The van der Waals surface area contributed by atoms with Crippen molar-refractivity contribution in [3.63, 3.8) is 0 Å². The summed E-state index contributed by atoms with van der Waals surface area (Å²) in [5.41, 5.74) is 2.17. The van der Waals surface area contributed by atoms with Crippen LogP contribution in [0.1, 0.15) is 16.2 Å². The molecule has 148 valence electrons. The van der Waals surface area contributed by atoms with Crippen molar-refractivity contribution in [2.75, 3.05) is 16.0 Å². The normalized spacial score (nSPS) is 10.3. The van der Waals surface area contributed by atoms with E-state index in [9.17, 15) is 4.79 Å². The molecule has 0 aliphatic rings. The number of rotatable bonds is 6. The Morgan fingerprint density at radius 3 is 2.10 bits per heavy atom. The van der Waals surface area contributed by atoms with Gasteiger partial charge in [-0.25, -0.2) is 15.0 Å². The van der Waals surface area contributed by atoms with Gasteiger partial charge in [0.15, 0.2) is 0 Å². The number of hydrogen-bond donors (Lipinski definition) is 3. The smallest absolute Gasteiger partial charge is 0.255 e. The van der Waals surface area contributed by atoms with Crippen LogP contribution in [-0.2, 0) is 0 Å². The number of benzene rings is 2. The van der Waals surface area contributed by atoms with Gasteiger partial charge in [0.2, 0.25) is 0 Å². The van der Waals surface area contributed by atoms with Crippen LogP contribution >= 0.6 is 0 Å². The third-order valence-electron chi connectivity index (χ3n) is 4.21. The summed E-state index contributed by atoms with van der Waals surface area (Å²) in [6.07, 6.45) is 1.72. The molecule has 0 unspecified atom stereocenters. The van der Waals surface area contributed by atoms with Gasteiger partial charge in [-0.3, -0.25) is 4.79 Å². The van der Waals surface area contributed by atoms with E-state index in [1.54, 1.807) is 18.3 Å². The first kappa shape index (κ1) is 19.1. The fraction of sp³-hybridized carbons (Fsp3) is 0.0435. The summed E-state index contributed by atoms with van der Waals surface area (Å²) in [7, 11) is 0. The maximum atomic E-state index is 12.3. The van der Waals surface area contributed by atoms with Crippen molar-refractivity contribution in [1.82, 2.24) is 15.0 Å². The first-order chi connectivity index (χ1) is 14.7. The highest BCUT2D eigenvalue weighted by atomic mass is 16.1. The van der Waals surface area contributed by atoms with Crippen LogP contribution in [0.2, 0.25) is 0 Å². The van der Waals surface area contributed by atoms with E-state index in [0.717, 1.165) is 5.69 Å². The molecular weight excluding hydrogens is 376 g/mol. The van der Waals surface area contributed by atoms with Crippen molar-refractivity contribution >= 4 is 34.7 Å². The zero-order valence-electron chi connectivity index (χ0n) is 16.3. The van der Waals surface area contributed by atoms with Gasteiger partial charge >= 0.3 is 0 Å². The van der Waals surface area contributed by atoms with Crippen LogP contribution in [0, 0.1) is 6.92 Å². The van der Waals surface area contributed by atoms with Crippen LogP contribution in [-0.4, -0.2) is 20.9 Å². The summed E-state index contributed by atoms with van der Waals surface area (Å²) in [6, 6.07) is 24.0. The lowest BCUT2D eigenvalue weighted by Gasteiger charge is -2.11. The zero-order chi connectivity index (χ0) is 20.8. The van der Waals surface area contributed by atoms with Gasteiger partial charge in [-0.2, -0.15) is 0 Å². The highest BCUT2D eigenvalue weighted by molar-refractivity contribution is 6.04. The molecule has 0 atom stereocenters. The van der Waals surface area contributed by atoms with Crippen LogP contribution in [0.25, 0.3) is 0 Å². The third-order valence-corrected chi connectivity index (χ3v) is 4.21. The van der Waals surface area contributed by atoms with Gasteiger partial charge in [-0.15, -0.1) is 0 Å². The molecule has 4 aromatic rings. The number of nitrogens with one attached hydrogen (secondary N) is 3. The van der Waals surface area contributed by atoms with Crippen molar-refractivity contribution in [2.45, 2.75) is 6.92 Å². The van der Waals surface area contributed by atoms with E-state index in [2.05, 4.69) is 30.9 Å². The fourth-order valence-corrected chi connectivity index (χ4v) is 2.84. The molecule has 30 heavy (non-hydrogen) atoms. The highest BCUT2D eigenvalue weighted by Gasteiger charge is 2.06. The van der Waals surface area contributed by atoms with Crippen LogP contribution in [0.15, 0.2) is 85.1 Å². The Hall–Kier alpha value is -4.26. The number of amides is 1. The molecule has 2 heterocycles. The van der Waals surface area contributed by atoms with Gasteiger partial charge in [-0.1, -0.05) is 24.3 Å². The number of carbonyl (C=O) groups excluding carboxylic acids is 1. The largest absolute Gasteiger partial charge is 0.340 e. The highest BCUT2D eigenvalue weighted by Crippen LogP contribution is 2.21. The Morgan fingerprint density at radius 1 is 0.733 bits per heavy atom. The molecule has 2 aromatic carbocycles. The molecule has 7 heteroatoms. The Balaban J connectivity index is 1.43. The predicted octanol–water partition coefficient (Wildman–Crippen LogP) is 4.92. The van der Waals surface area contributed by atoms with Gasteiger partial charge in [-0.05, 0) is 55.5 Å². The SMILES string of the molecule is Cc1nc(Nc2ccc(NC(=O)c3ccccc3)cc2)cc(Nc2ccccn2)n1. The molecule has 7 nitrogen and oxygen atoms in total. The van der Waals surface area contributed by atoms with Gasteiger partial charge in [0, 0.05) is 29.2 Å². The molecule has 0 bridgehead atoms. The molecule has 0 saturated carbocycles. The molecule has 2 aromatic heterocycles. The van der Waals surface area contributed by atoms with E-state index in [-0.39, 0.29) is 5.91 Å². The number of nitrogens with zero attached hydrogens (tertiary/aromatic N) is 3. The van der Waals surface area contributed by atoms with E-state index in [1.165, 1.54) is 0 Å². The minimum atomic E-state index is -0.145. The first-order valence-corrected chi connectivity index (χ1v) is 9.43. The Kier molecular flexibility index (Phi) is 5.61. The van der Waals surface area contributed by atoms with Crippen molar-refractivity contribution in [3.8, 4) is 0 Å². The number of aryl methyl sites for hydroxylation is 1. The second-order valence-electron chi connectivity index (χ2n) is 6.55. The Morgan fingerprint density at radius 2 is 1.40 bits per heavy atom. The number of hydrogen-bond acceptors (Lipinski definition) is 6. The van der Waals surface area contributed by atoms with Crippen molar-refractivity contribution < 1.29 is 4.79 Å². The molecule has 0 spiro atoms. The van der Waals surface area contributed by atoms with E-state index in [4.69, 9.17) is 0 Å². The van der Waals surface area contributed by atoms with Gasteiger partial charge in [0.1, 0.15) is 23.3 Å². The number of aromatic nitrogens is 3. The van der Waals surface area contributed by atoms with Gasteiger partial charge < -0.3 is 16.0 Å². The standard InChI is InChI=1S/C23H20N6O/c1-16-25-21(15-22(26-16)29-20-9-5-6-14-24-20)27-18-10-12-19(13-11-18)28-23(30)17-7-3-2-4-8-17/h2-15H,1H3,(H,28,30)(H2,24,25,26,27,29). The zero-order valence-corrected chi connectivity index (χ0v) is 16.3.